The van der Waals surface area contributed by atoms with E-state index in [0.29, 0.717) is 72.3 Å². The summed E-state index contributed by atoms with van der Waals surface area (Å²) in [6.45, 7) is 5.37. The average Bonchev–Trinajstić information content (AvgIpc) is 3.21. The molecule has 0 saturated carbocycles. The molecule has 2 amide bonds. The fourth-order valence-electron chi connectivity index (χ4n) is 5.90. The van der Waals surface area contributed by atoms with Crippen LogP contribution >= 0.6 is 0 Å². The maximum atomic E-state index is 13.8. The zero-order valence-corrected chi connectivity index (χ0v) is 21.4. The van der Waals surface area contributed by atoms with Crippen molar-refractivity contribution in [3.8, 4) is 17.2 Å². The van der Waals surface area contributed by atoms with Crippen LogP contribution in [0.3, 0.4) is 0 Å². The molecule has 9 nitrogen and oxygen atoms in total. The fourth-order valence-corrected chi connectivity index (χ4v) is 5.90. The van der Waals surface area contributed by atoms with Crippen LogP contribution in [0.5, 0.6) is 17.2 Å². The van der Waals surface area contributed by atoms with E-state index >= 15 is 0 Å². The van der Waals surface area contributed by atoms with Crippen molar-refractivity contribution in [1.82, 2.24) is 4.90 Å². The lowest BCUT2D eigenvalue weighted by atomic mass is 9.62. The molecule has 39 heavy (non-hydrogen) atoms. The van der Waals surface area contributed by atoms with Gasteiger partial charge < -0.3 is 29.6 Å². The first-order valence-corrected chi connectivity index (χ1v) is 13.1. The van der Waals surface area contributed by atoms with Crippen molar-refractivity contribution in [1.29, 1.82) is 0 Å². The predicted molar refractivity (Wildman–Crippen MR) is 145 cm³/mol. The topological polar surface area (TPSA) is 105 Å². The number of hydrogen-bond acceptors (Lipinski definition) is 6. The SMILES string of the molecule is C=[N+]([O-])c1ccc(N2C(=O)C3(CCN(C(=O)c4ccc5c(c4)OCCCO5)CC3)C2c2ccc(O)cc2)cc1. The Morgan fingerprint density at radius 2 is 1.64 bits per heavy atom. The van der Waals surface area contributed by atoms with Gasteiger partial charge in [-0.3, -0.25) is 9.59 Å². The Balaban J connectivity index is 1.24. The second kappa shape index (κ2) is 9.65. The number of aromatic hydroxyl groups is 1. The number of β-lactam (4-membered cyclic amide) rings is 1. The number of hydrogen-bond donors (Lipinski definition) is 1. The molecule has 1 unspecified atom stereocenters. The lowest BCUT2D eigenvalue weighted by molar-refractivity contribution is -0.349. The normalized spacial score (nSPS) is 19.8. The molecule has 1 N–H and O–H groups in total. The predicted octanol–water partition coefficient (Wildman–Crippen LogP) is 4.41. The van der Waals surface area contributed by atoms with Crippen LogP contribution in [0.1, 0.15) is 41.2 Å². The minimum atomic E-state index is -0.673. The minimum Gasteiger partial charge on any atom is -0.619 e. The summed E-state index contributed by atoms with van der Waals surface area (Å²) < 4.78 is 12.0. The summed E-state index contributed by atoms with van der Waals surface area (Å²) >= 11 is 0. The summed E-state index contributed by atoms with van der Waals surface area (Å²) in [5.74, 6) is 1.26. The first-order chi connectivity index (χ1) is 18.9. The molecule has 0 bridgehead atoms. The van der Waals surface area contributed by atoms with Gasteiger partial charge in [0, 0.05) is 42.9 Å². The highest BCUT2D eigenvalue weighted by Gasteiger charge is 2.62. The van der Waals surface area contributed by atoms with E-state index in [1.54, 1.807) is 64.4 Å². The second-order valence-corrected chi connectivity index (χ2v) is 10.2. The van der Waals surface area contributed by atoms with E-state index in [1.807, 2.05) is 12.1 Å². The van der Waals surface area contributed by atoms with Crippen LogP contribution in [0.25, 0.3) is 0 Å². The molecular formula is C30H29N3O6. The molecule has 200 valence electrons. The van der Waals surface area contributed by atoms with Gasteiger partial charge in [0.25, 0.3) is 5.91 Å². The van der Waals surface area contributed by atoms with Gasteiger partial charge in [0.1, 0.15) is 12.5 Å². The number of carbonyl (C=O) groups excluding carboxylic acids is 2. The Hall–Kier alpha value is -4.53. The van der Waals surface area contributed by atoms with Gasteiger partial charge in [-0.15, -0.1) is 0 Å². The van der Waals surface area contributed by atoms with Crippen molar-refractivity contribution >= 4 is 29.9 Å². The molecule has 0 aliphatic carbocycles. The summed E-state index contributed by atoms with van der Waals surface area (Å²) in [6.07, 6.45) is 1.81. The van der Waals surface area contributed by atoms with Gasteiger partial charge in [-0.2, -0.15) is 4.74 Å². The monoisotopic (exact) mass is 527 g/mol. The summed E-state index contributed by atoms with van der Waals surface area (Å²) in [4.78, 5) is 30.7. The number of phenols is 1. The first-order valence-electron chi connectivity index (χ1n) is 13.1. The second-order valence-electron chi connectivity index (χ2n) is 10.2. The van der Waals surface area contributed by atoms with E-state index in [0.717, 1.165) is 12.0 Å². The van der Waals surface area contributed by atoms with Crippen molar-refractivity contribution in [3.63, 3.8) is 0 Å². The summed E-state index contributed by atoms with van der Waals surface area (Å²) in [6, 6.07) is 18.7. The molecule has 1 spiro atoms. The van der Waals surface area contributed by atoms with Crippen LogP contribution in [-0.2, 0) is 4.79 Å². The van der Waals surface area contributed by atoms with Crippen molar-refractivity contribution in [2.75, 3.05) is 31.2 Å². The number of nitrogens with zero attached hydrogens (tertiary/aromatic N) is 3. The molecule has 3 heterocycles. The van der Waals surface area contributed by atoms with Crippen molar-refractivity contribution < 1.29 is 28.9 Å². The van der Waals surface area contributed by atoms with Gasteiger partial charge in [0.15, 0.2) is 11.5 Å². The van der Waals surface area contributed by atoms with Gasteiger partial charge in [-0.25, -0.2) is 0 Å². The third-order valence-corrected chi connectivity index (χ3v) is 7.99. The Kier molecular flexibility index (Phi) is 6.13. The molecule has 3 aromatic carbocycles. The number of amides is 2. The summed E-state index contributed by atoms with van der Waals surface area (Å²) in [5.41, 5.74) is 1.84. The highest BCUT2D eigenvalue weighted by Crippen LogP contribution is 2.57. The number of piperidine rings is 1. The number of ether oxygens (including phenoxy) is 2. The molecule has 6 rings (SSSR count). The van der Waals surface area contributed by atoms with Gasteiger partial charge in [0.05, 0.1) is 24.7 Å². The van der Waals surface area contributed by atoms with Crippen LogP contribution in [0.2, 0.25) is 0 Å². The Bertz CT molecular complexity index is 1430. The van der Waals surface area contributed by atoms with E-state index in [4.69, 9.17) is 9.47 Å². The smallest absolute Gasteiger partial charge is 0.253 e. The zero-order chi connectivity index (χ0) is 27.1. The Morgan fingerprint density at radius 1 is 0.974 bits per heavy atom. The molecule has 2 saturated heterocycles. The van der Waals surface area contributed by atoms with Gasteiger partial charge in [0.2, 0.25) is 11.6 Å². The molecule has 3 aliphatic rings. The van der Waals surface area contributed by atoms with Crippen molar-refractivity contribution in [2.24, 2.45) is 5.41 Å². The number of anilines is 1. The minimum absolute atomic E-state index is 0.00962. The molecule has 3 aromatic rings. The molecule has 2 fully saturated rings. The standard InChI is InChI=1S/C30H29N3O6/c1-31(37)22-6-8-23(9-7-22)33-27(20-3-10-24(34)11-4-20)30(29(33)36)13-15-32(16-14-30)28(35)21-5-12-25-26(19-21)39-18-2-17-38-25/h3-12,19,27,34H,1-2,13-18H2. The third kappa shape index (κ3) is 4.24. The fraction of sp³-hybridized carbons (Fsp3) is 0.300. The average molecular weight is 528 g/mol. The molecule has 9 heteroatoms. The Labute approximate surface area is 226 Å². The number of rotatable bonds is 4. The largest absolute Gasteiger partial charge is 0.619 e. The highest BCUT2D eigenvalue weighted by molar-refractivity contribution is 6.06. The number of phenolic OH excluding ortho intramolecular Hbond substituents is 1. The van der Waals surface area contributed by atoms with E-state index in [1.165, 1.54) is 0 Å². The van der Waals surface area contributed by atoms with Crippen LogP contribution < -0.4 is 14.4 Å². The quantitative estimate of drug-likeness (QED) is 0.177. The van der Waals surface area contributed by atoms with E-state index < -0.39 is 5.41 Å². The maximum absolute atomic E-state index is 13.8. The van der Waals surface area contributed by atoms with Crippen LogP contribution in [-0.4, -0.2) is 59.6 Å². The number of carbonyl (C=O) groups is 2. The summed E-state index contributed by atoms with van der Waals surface area (Å²) in [7, 11) is 0. The van der Waals surface area contributed by atoms with Crippen LogP contribution in [0.4, 0.5) is 11.4 Å². The lowest BCUT2D eigenvalue weighted by Crippen LogP contribution is -2.67. The Morgan fingerprint density at radius 3 is 2.31 bits per heavy atom. The molecule has 1 atom stereocenters. The van der Waals surface area contributed by atoms with Crippen LogP contribution in [0.15, 0.2) is 66.7 Å². The van der Waals surface area contributed by atoms with Gasteiger partial charge >= 0.3 is 0 Å². The van der Waals surface area contributed by atoms with E-state index in [2.05, 4.69) is 6.72 Å². The lowest BCUT2D eigenvalue weighted by Gasteiger charge is -2.59. The van der Waals surface area contributed by atoms with Gasteiger partial charge in [-0.1, -0.05) is 12.1 Å². The third-order valence-electron chi connectivity index (χ3n) is 7.99. The molecule has 3 aliphatic heterocycles. The van der Waals surface area contributed by atoms with Crippen molar-refractivity contribution in [2.45, 2.75) is 25.3 Å². The number of fused-ring (bicyclic) bond motifs is 1. The first kappa shape index (κ1) is 24.8. The molecule has 0 radical (unpaired) electrons. The maximum Gasteiger partial charge on any atom is 0.253 e. The molecular weight excluding hydrogens is 498 g/mol. The number of benzene rings is 3. The number of likely N-dealkylation sites (tertiary alicyclic amines) is 1. The van der Waals surface area contributed by atoms with Crippen LogP contribution in [0, 0.1) is 10.6 Å². The van der Waals surface area contributed by atoms with Crippen molar-refractivity contribution in [3.05, 3.63) is 83.1 Å². The van der Waals surface area contributed by atoms with E-state index in [-0.39, 0.29) is 23.6 Å². The highest BCUT2D eigenvalue weighted by atomic mass is 16.5. The van der Waals surface area contributed by atoms with E-state index in [9.17, 15) is 19.9 Å². The zero-order valence-electron chi connectivity index (χ0n) is 21.4. The van der Waals surface area contributed by atoms with Gasteiger partial charge in [-0.05, 0) is 60.9 Å². The summed E-state index contributed by atoms with van der Waals surface area (Å²) in [5, 5.41) is 21.4. The molecule has 0 aromatic heterocycles.